The Hall–Kier alpha value is -0.970. The van der Waals surface area contributed by atoms with Crippen LogP contribution < -0.4 is 0 Å². The SMILES string of the molecule is OC(CC1(F)C(F)(F)C(F)(F)C(F)(F)C1(F)F)c1ccc(Br)cc1. The van der Waals surface area contributed by atoms with Crippen LogP contribution in [0, 0.1) is 0 Å². The third-order valence-corrected chi connectivity index (χ3v) is 4.44. The fourth-order valence-corrected chi connectivity index (χ4v) is 2.68. The van der Waals surface area contributed by atoms with Gasteiger partial charge in [-0.3, -0.25) is 0 Å². The van der Waals surface area contributed by atoms with Crippen LogP contribution in [0.2, 0.25) is 0 Å². The van der Waals surface area contributed by atoms with Crippen LogP contribution in [0.25, 0.3) is 0 Å². The van der Waals surface area contributed by atoms with E-state index in [-0.39, 0.29) is 5.56 Å². The van der Waals surface area contributed by atoms with Gasteiger partial charge in [0.1, 0.15) is 0 Å². The van der Waals surface area contributed by atoms with Gasteiger partial charge in [-0.2, -0.15) is 35.1 Å². The van der Waals surface area contributed by atoms with Crippen LogP contribution in [0.15, 0.2) is 28.7 Å². The van der Waals surface area contributed by atoms with Gasteiger partial charge in [-0.1, -0.05) is 28.1 Å². The molecule has 136 valence electrons. The summed E-state index contributed by atoms with van der Waals surface area (Å²) in [5, 5.41) is 9.63. The lowest BCUT2D eigenvalue weighted by atomic mass is 9.88. The molecule has 1 aliphatic rings. The van der Waals surface area contributed by atoms with Gasteiger partial charge in [-0.05, 0) is 17.7 Å². The zero-order valence-electron chi connectivity index (χ0n) is 11.3. The minimum atomic E-state index is -6.63. The third-order valence-electron chi connectivity index (χ3n) is 3.91. The van der Waals surface area contributed by atoms with Gasteiger partial charge < -0.3 is 5.11 Å². The molecule has 1 aromatic rings. The highest BCUT2D eigenvalue weighted by Crippen LogP contribution is 2.70. The van der Waals surface area contributed by atoms with E-state index in [1.807, 2.05) is 0 Å². The van der Waals surface area contributed by atoms with Crippen LogP contribution in [-0.2, 0) is 0 Å². The molecular weight excluding hydrogens is 423 g/mol. The van der Waals surface area contributed by atoms with Crippen LogP contribution in [0.4, 0.5) is 39.5 Å². The molecule has 24 heavy (non-hydrogen) atoms. The first-order chi connectivity index (χ1) is 10.6. The molecule has 0 saturated heterocycles. The van der Waals surface area contributed by atoms with E-state index in [1.165, 1.54) is 12.1 Å². The van der Waals surface area contributed by atoms with Crippen molar-refractivity contribution in [2.75, 3.05) is 0 Å². The first-order valence-corrected chi connectivity index (χ1v) is 7.06. The van der Waals surface area contributed by atoms with Crippen molar-refractivity contribution in [1.82, 2.24) is 0 Å². The molecule has 0 aliphatic heterocycles. The van der Waals surface area contributed by atoms with Crippen LogP contribution >= 0.6 is 15.9 Å². The Labute approximate surface area is 137 Å². The van der Waals surface area contributed by atoms with Crippen LogP contribution in [0.5, 0.6) is 0 Å². The lowest BCUT2D eigenvalue weighted by molar-refractivity contribution is -0.303. The molecule has 1 saturated carbocycles. The zero-order chi connectivity index (χ0) is 18.8. The van der Waals surface area contributed by atoms with E-state index in [2.05, 4.69) is 15.9 Å². The molecule has 2 rings (SSSR count). The molecule has 1 atom stereocenters. The Morgan fingerprint density at radius 1 is 0.750 bits per heavy atom. The average molecular weight is 431 g/mol. The number of halogens is 10. The van der Waals surface area contributed by atoms with Crippen molar-refractivity contribution < 1.29 is 44.6 Å². The van der Waals surface area contributed by atoms with E-state index >= 15 is 0 Å². The van der Waals surface area contributed by atoms with Gasteiger partial charge in [-0.25, -0.2) is 4.39 Å². The maximum absolute atomic E-state index is 14.2. The fourth-order valence-electron chi connectivity index (χ4n) is 2.41. The predicted molar refractivity (Wildman–Crippen MR) is 67.3 cm³/mol. The molecule has 1 aliphatic carbocycles. The molecule has 0 aromatic heterocycles. The second-order valence-electron chi connectivity index (χ2n) is 5.37. The minimum absolute atomic E-state index is 0.389. The summed E-state index contributed by atoms with van der Waals surface area (Å²) in [7, 11) is 0. The van der Waals surface area contributed by atoms with E-state index in [4.69, 9.17) is 0 Å². The predicted octanol–water partition coefficient (Wildman–Crippen LogP) is 5.14. The van der Waals surface area contributed by atoms with Crippen molar-refractivity contribution in [1.29, 1.82) is 0 Å². The number of rotatable bonds is 3. The molecule has 1 N–H and O–H groups in total. The Morgan fingerprint density at radius 3 is 1.50 bits per heavy atom. The largest absolute Gasteiger partial charge is 0.388 e. The number of aliphatic hydroxyl groups excluding tert-OH is 1. The molecule has 0 bridgehead atoms. The summed E-state index contributed by atoms with van der Waals surface area (Å²) >= 11 is 2.97. The summed E-state index contributed by atoms with van der Waals surface area (Å²) in [6.45, 7) is 0. The van der Waals surface area contributed by atoms with Gasteiger partial charge in [0.25, 0.3) is 5.67 Å². The van der Waals surface area contributed by atoms with E-state index < -0.39 is 41.9 Å². The molecule has 1 unspecified atom stereocenters. The Kier molecular flexibility index (Phi) is 4.24. The number of aliphatic hydroxyl groups is 1. The molecule has 1 aromatic carbocycles. The van der Waals surface area contributed by atoms with Gasteiger partial charge in [0.2, 0.25) is 0 Å². The Bertz CT molecular complexity index is 603. The van der Waals surface area contributed by atoms with E-state index in [0.717, 1.165) is 12.1 Å². The molecule has 1 fully saturated rings. The molecular formula is C13H8BrF9O. The van der Waals surface area contributed by atoms with Crippen molar-refractivity contribution in [2.45, 2.75) is 41.9 Å². The number of alkyl halides is 9. The van der Waals surface area contributed by atoms with E-state index in [9.17, 15) is 44.6 Å². The van der Waals surface area contributed by atoms with E-state index in [0.29, 0.717) is 4.47 Å². The summed E-state index contributed by atoms with van der Waals surface area (Å²) in [6.07, 6.45) is -4.79. The van der Waals surface area contributed by atoms with E-state index in [1.54, 1.807) is 0 Å². The summed E-state index contributed by atoms with van der Waals surface area (Å²) in [5.74, 6) is -26.1. The van der Waals surface area contributed by atoms with Crippen molar-refractivity contribution in [3.63, 3.8) is 0 Å². The average Bonchev–Trinajstić information content (AvgIpc) is 2.50. The Morgan fingerprint density at radius 2 is 1.12 bits per heavy atom. The van der Waals surface area contributed by atoms with Crippen molar-refractivity contribution in [3.05, 3.63) is 34.3 Å². The van der Waals surface area contributed by atoms with Gasteiger partial charge in [-0.15, -0.1) is 0 Å². The summed E-state index contributed by atoms with van der Waals surface area (Å²) < 4.78 is 121. The highest BCUT2D eigenvalue weighted by atomic mass is 79.9. The first-order valence-electron chi connectivity index (χ1n) is 6.27. The molecule has 1 nitrogen and oxygen atoms in total. The van der Waals surface area contributed by atoms with Crippen LogP contribution in [0.3, 0.4) is 0 Å². The highest BCUT2D eigenvalue weighted by molar-refractivity contribution is 9.10. The molecule has 11 heteroatoms. The molecule has 0 radical (unpaired) electrons. The van der Waals surface area contributed by atoms with Gasteiger partial charge in [0.05, 0.1) is 6.10 Å². The smallest absolute Gasteiger partial charge is 0.381 e. The highest BCUT2D eigenvalue weighted by Gasteiger charge is 3.00. The Balaban J connectivity index is 2.48. The number of benzene rings is 1. The maximum Gasteiger partial charge on any atom is 0.381 e. The molecule has 0 heterocycles. The van der Waals surface area contributed by atoms with Crippen LogP contribution in [-0.4, -0.2) is 34.5 Å². The standard InChI is InChI=1S/C13H8BrF9O/c14-7-3-1-6(2-4-7)8(24)5-9(15)10(16,17)12(20,21)13(22,23)11(9,18)19/h1-4,8,24H,5H2. The lowest BCUT2D eigenvalue weighted by Crippen LogP contribution is -2.55. The second kappa shape index (κ2) is 5.26. The van der Waals surface area contributed by atoms with Gasteiger partial charge in [0.15, 0.2) is 0 Å². The fraction of sp³-hybridized carbons (Fsp3) is 0.538. The summed E-state index contributed by atoms with van der Waals surface area (Å²) in [4.78, 5) is 0. The lowest BCUT2D eigenvalue weighted by Gasteiger charge is -2.32. The topological polar surface area (TPSA) is 20.2 Å². The van der Waals surface area contributed by atoms with Crippen molar-refractivity contribution in [3.8, 4) is 0 Å². The van der Waals surface area contributed by atoms with Gasteiger partial charge in [0, 0.05) is 10.9 Å². The zero-order valence-corrected chi connectivity index (χ0v) is 12.9. The minimum Gasteiger partial charge on any atom is -0.388 e. The summed E-state index contributed by atoms with van der Waals surface area (Å²) in [5.41, 5.74) is -6.04. The normalized spacial score (nSPS) is 27.0. The molecule has 0 amide bonds. The summed E-state index contributed by atoms with van der Waals surface area (Å²) in [6, 6.07) is 4.44. The number of hydrogen-bond donors (Lipinski definition) is 1. The maximum atomic E-state index is 14.2. The second-order valence-corrected chi connectivity index (χ2v) is 6.29. The quantitative estimate of drug-likeness (QED) is 0.658. The van der Waals surface area contributed by atoms with Crippen molar-refractivity contribution in [2.24, 2.45) is 0 Å². The van der Waals surface area contributed by atoms with Crippen molar-refractivity contribution >= 4 is 15.9 Å². The molecule has 0 spiro atoms. The first kappa shape index (κ1) is 19.4. The monoisotopic (exact) mass is 430 g/mol. The van der Waals surface area contributed by atoms with Crippen LogP contribution in [0.1, 0.15) is 18.1 Å². The number of hydrogen-bond acceptors (Lipinski definition) is 1. The third kappa shape index (κ3) is 2.12. The van der Waals surface area contributed by atoms with Gasteiger partial charge >= 0.3 is 23.7 Å².